The number of anilines is 1. The van der Waals surface area contributed by atoms with Crippen LogP contribution in [0.15, 0.2) is 23.1 Å². The smallest absolute Gasteiger partial charge is 0.226 e. The number of hydrogen-bond acceptors (Lipinski definition) is 4. The predicted octanol–water partition coefficient (Wildman–Crippen LogP) is 1.56. The molecule has 0 spiro atoms. The van der Waals surface area contributed by atoms with Crippen molar-refractivity contribution in [2.45, 2.75) is 31.2 Å². The lowest BCUT2D eigenvalue weighted by atomic mass is 10.2. The Labute approximate surface area is 118 Å². The molecule has 0 aliphatic heterocycles. The van der Waals surface area contributed by atoms with E-state index < -0.39 is 15.7 Å². The third-order valence-electron chi connectivity index (χ3n) is 2.68. The zero-order valence-corrected chi connectivity index (χ0v) is 12.6. The fourth-order valence-corrected chi connectivity index (χ4v) is 2.38. The molecule has 0 aliphatic rings. The highest BCUT2D eigenvalue weighted by Crippen LogP contribution is 2.19. The van der Waals surface area contributed by atoms with Crippen LogP contribution in [0.1, 0.15) is 20.3 Å². The van der Waals surface area contributed by atoms with Crippen molar-refractivity contribution in [2.75, 3.05) is 18.1 Å². The summed E-state index contributed by atoms with van der Waals surface area (Å²) in [5, 5.41) is 5.46. The fourth-order valence-electron chi connectivity index (χ4n) is 1.73. The molecule has 7 heteroatoms. The fraction of sp³-hybridized carbons (Fsp3) is 0.462. The van der Waals surface area contributed by atoms with Crippen LogP contribution in [0.4, 0.5) is 10.1 Å². The molecule has 0 saturated carbocycles. The number of nitrogens with one attached hydrogen (secondary N) is 2. The van der Waals surface area contributed by atoms with Crippen LogP contribution >= 0.6 is 0 Å². The molecule has 0 saturated heterocycles. The number of sulfone groups is 1. The summed E-state index contributed by atoms with van der Waals surface area (Å²) in [7, 11) is -3.44. The monoisotopic (exact) mass is 302 g/mol. The lowest BCUT2D eigenvalue weighted by molar-refractivity contribution is -0.116. The summed E-state index contributed by atoms with van der Waals surface area (Å²) in [6, 6.07) is 3.28. The number of halogens is 1. The molecule has 5 nitrogen and oxygen atoms in total. The SMILES string of the molecule is CCNC(C)CC(=O)Nc1cc(S(C)(=O)=O)ccc1F. The van der Waals surface area contributed by atoms with Crippen LogP contribution in [0.2, 0.25) is 0 Å². The number of benzene rings is 1. The predicted molar refractivity (Wildman–Crippen MR) is 75.9 cm³/mol. The second-order valence-corrected chi connectivity index (χ2v) is 6.64. The maximum absolute atomic E-state index is 13.6. The van der Waals surface area contributed by atoms with E-state index >= 15 is 0 Å². The van der Waals surface area contributed by atoms with Crippen molar-refractivity contribution in [3.63, 3.8) is 0 Å². The van der Waals surface area contributed by atoms with Crippen LogP contribution in [-0.4, -0.2) is 33.2 Å². The summed E-state index contributed by atoms with van der Waals surface area (Å²) in [6.45, 7) is 4.49. The summed E-state index contributed by atoms with van der Waals surface area (Å²) in [5.41, 5.74) is -0.123. The van der Waals surface area contributed by atoms with Gasteiger partial charge in [0, 0.05) is 18.7 Å². The molecule has 0 heterocycles. The number of hydrogen-bond donors (Lipinski definition) is 2. The van der Waals surface area contributed by atoms with Crippen molar-refractivity contribution in [1.29, 1.82) is 0 Å². The molecule has 1 aromatic rings. The minimum Gasteiger partial charge on any atom is -0.324 e. The third-order valence-corrected chi connectivity index (χ3v) is 3.79. The average Bonchev–Trinajstić information content (AvgIpc) is 2.30. The van der Waals surface area contributed by atoms with Gasteiger partial charge in [0.15, 0.2) is 9.84 Å². The maximum atomic E-state index is 13.6. The first-order chi connectivity index (χ1) is 9.24. The molecule has 1 amide bonds. The molecule has 0 bridgehead atoms. The Bertz CT molecular complexity index is 587. The van der Waals surface area contributed by atoms with Gasteiger partial charge in [0.05, 0.1) is 10.6 Å². The van der Waals surface area contributed by atoms with Gasteiger partial charge in [-0.2, -0.15) is 0 Å². The molecule has 20 heavy (non-hydrogen) atoms. The number of rotatable bonds is 6. The van der Waals surface area contributed by atoms with E-state index in [4.69, 9.17) is 0 Å². The number of carbonyl (C=O) groups is 1. The second-order valence-electron chi connectivity index (χ2n) is 4.62. The van der Waals surface area contributed by atoms with E-state index in [0.29, 0.717) is 0 Å². The van der Waals surface area contributed by atoms with Crippen molar-refractivity contribution in [3.05, 3.63) is 24.0 Å². The van der Waals surface area contributed by atoms with Gasteiger partial charge in [-0.25, -0.2) is 12.8 Å². The Morgan fingerprint density at radius 2 is 2.05 bits per heavy atom. The quantitative estimate of drug-likeness (QED) is 0.782. The van der Waals surface area contributed by atoms with E-state index in [9.17, 15) is 17.6 Å². The maximum Gasteiger partial charge on any atom is 0.226 e. The first-order valence-electron chi connectivity index (χ1n) is 6.27. The number of amides is 1. The van der Waals surface area contributed by atoms with Gasteiger partial charge >= 0.3 is 0 Å². The zero-order chi connectivity index (χ0) is 15.3. The molecule has 0 aromatic heterocycles. The molecular weight excluding hydrogens is 283 g/mol. The summed E-state index contributed by atoms with van der Waals surface area (Å²) < 4.78 is 36.4. The van der Waals surface area contributed by atoms with Gasteiger partial charge in [-0.3, -0.25) is 4.79 Å². The molecule has 0 aliphatic carbocycles. The van der Waals surface area contributed by atoms with Crippen LogP contribution in [0.25, 0.3) is 0 Å². The van der Waals surface area contributed by atoms with Gasteiger partial charge < -0.3 is 10.6 Å². The molecule has 112 valence electrons. The van der Waals surface area contributed by atoms with Crippen LogP contribution in [0.5, 0.6) is 0 Å². The van der Waals surface area contributed by atoms with Crippen molar-refractivity contribution < 1.29 is 17.6 Å². The molecule has 0 radical (unpaired) electrons. The second kappa shape index (κ2) is 6.81. The van der Waals surface area contributed by atoms with E-state index in [2.05, 4.69) is 10.6 Å². The standard InChI is InChI=1S/C13H19FN2O3S/c1-4-15-9(2)7-13(17)16-12-8-10(20(3,18)19)5-6-11(12)14/h5-6,8-9,15H,4,7H2,1-3H3,(H,16,17). The molecule has 2 N–H and O–H groups in total. The molecule has 1 rings (SSSR count). The molecule has 0 fully saturated rings. The largest absolute Gasteiger partial charge is 0.324 e. The van der Waals surface area contributed by atoms with Gasteiger partial charge in [0.25, 0.3) is 0 Å². The molecule has 1 unspecified atom stereocenters. The molecular formula is C13H19FN2O3S. The lowest BCUT2D eigenvalue weighted by Gasteiger charge is -2.13. The summed E-state index contributed by atoms with van der Waals surface area (Å²) in [6.07, 6.45) is 1.20. The van der Waals surface area contributed by atoms with Gasteiger partial charge in [-0.05, 0) is 31.7 Å². The Hall–Kier alpha value is -1.47. The van der Waals surface area contributed by atoms with Gasteiger partial charge in [-0.15, -0.1) is 0 Å². The van der Waals surface area contributed by atoms with Gasteiger partial charge in [-0.1, -0.05) is 6.92 Å². The van der Waals surface area contributed by atoms with Crippen molar-refractivity contribution in [1.82, 2.24) is 5.32 Å². The van der Waals surface area contributed by atoms with Crippen molar-refractivity contribution in [2.24, 2.45) is 0 Å². The zero-order valence-electron chi connectivity index (χ0n) is 11.7. The Balaban J connectivity index is 2.84. The highest BCUT2D eigenvalue weighted by Gasteiger charge is 2.14. The van der Waals surface area contributed by atoms with E-state index in [-0.39, 0.29) is 29.0 Å². The minimum atomic E-state index is -3.44. The summed E-state index contributed by atoms with van der Waals surface area (Å²) in [4.78, 5) is 11.7. The Morgan fingerprint density at radius 1 is 1.40 bits per heavy atom. The van der Waals surface area contributed by atoms with E-state index in [1.54, 1.807) is 0 Å². The summed E-state index contributed by atoms with van der Waals surface area (Å²) in [5.74, 6) is -1.04. The highest BCUT2D eigenvalue weighted by molar-refractivity contribution is 7.90. The minimum absolute atomic E-state index is 0.0334. The topological polar surface area (TPSA) is 75.3 Å². The number of carbonyl (C=O) groups excluding carboxylic acids is 1. The van der Waals surface area contributed by atoms with E-state index in [0.717, 1.165) is 24.9 Å². The van der Waals surface area contributed by atoms with Crippen LogP contribution in [0, 0.1) is 5.82 Å². The van der Waals surface area contributed by atoms with E-state index in [1.807, 2.05) is 13.8 Å². The normalized spacial score (nSPS) is 13.0. The first kappa shape index (κ1) is 16.6. The van der Waals surface area contributed by atoms with Crippen LogP contribution in [0.3, 0.4) is 0 Å². The Morgan fingerprint density at radius 3 is 2.60 bits per heavy atom. The molecule has 1 aromatic carbocycles. The lowest BCUT2D eigenvalue weighted by Crippen LogP contribution is -2.30. The first-order valence-corrected chi connectivity index (χ1v) is 8.16. The van der Waals surface area contributed by atoms with Crippen molar-refractivity contribution in [3.8, 4) is 0 Å². The third kappa shape index (κ3) is 4.90. The molecule has 1 atom stereocenters. The average molecular weight is 302 g/mol. The van der Waals surface area contributed by atoms with Crippen molar-refractivity contribution >= 4 is 21.4 Å². The Kier molecular flexibility index (Phi) is 5.64. The van der Waals surface area contributed by atoms with E-state index in [1.165, 1.54) is 6.07 Å². The van der Waals surface area contributed by atoms with Gasteiger partial charge in [0.1, 0.15) is 5.82 Å². The van der Waals surface area contributed by atoms with Gasteiger partial charge in [0.2, 0.25) is 5.91 Å². The van der Waals surface area contributed by atoms with Crippen LogP contribution < -0.4 is 10.6 Å². The highest BCUT2D eigenvalue weighted by atomic mass is 32.2. The summed E-state index contributed by atoms with van der Waals surface area (Å²) >= 11 is 0. The van der Waals surface area contributed by atoms with Crippen LogP contribution in [-0.2, 0) is 14.6 Å².